The standard InChI is InChI=1S/C19H21IN2O2S/c1-5-11-19(6-2,22-13(3)23)18(25-4)24-17-15(20)12-14-9-7-8-10-16(14)21-17/h7-10,12,18H,6H2,1-4H3,(H,22,23). The molecule has 1 amide bonds. The maximum atomic E-state index is 11.7. The first-order chi connectivity index (χ1) is 12.0. The highest BCUT2D eigenvalue weighted by atomic mass is 127. The molecule has 1 aromatic carbocycles. The van der Waals surface area contributed by atoms with Crippen molar-refractivity contribution >= 4 is 51.2 Å². The molecule has 0 bridgehead atoms. The molecule has 1 aromatic heterocycles. The van der Waals surface area contributed by atoms with Crippen LogP contribution < -0.4 is 10.1 Å². The molecule has 6 heteroatoms. The highest BCUT2D eigenvalue weighted by Gasteiger charge is 2.39. The lowest BCUT2D eigenvalue weighted by Gasteiger charge is -2.35. The number of halogens is 1. The normalized spacial score (nSPS) is 14.1. The first kappa shape index (κ1) is 19.9. The maximum absolute atomic E-state index is 11.7. The van der Waals surface area contributed by atoms with Crippen molar-refractivity contribution < 1.29 is 9.53 Å². The van der Waals surface area contributed by atoms with Crippen LogP contribution in [-0.4, -0.2) is 28.1 Å². The van der Waals surface area contributed by atoms with E-state index in [1.807, 2.05) is 43.5 Å². The highest BCUT2D eigenvalue weighted by Crippen LogP contribution is 2.31. The molecule has 25 heavy (non-hydrogen) atoms. The third-order valence-electron chi connectivity index (χ3n) is 3.79. The average Bonchev–Trinajstić information content (AvgIpc) is 2.59. The molecule has 0 saturated heterocycles. The summed E-state index contributed by atoms with van der Waals surface area (Å²) < 4.78 is 7.16. The zero-order valence-electron chi connectivity index (χ0n) is 14.7. The number of fused-ring (bicyclic) bond motifs is 1. The molecule has 0 aliphatic carbocycles. The van der Waals surface area contributed by atoms with Crippen LogP contribution in [0.4, 0.5) is 0 Å². The molecule has 1 N–H and O–H groups in total. The summed E-state index contributed by atoms with van der Waals surface area (Å²) in [7, 11) is 0. The van der Waals surface area contributed by atoms with Crippen LogP contribution in [0.3, 0.4) is 0 Å². The van der Waals surface area contributed by atoms with Gasteiger partial charge in [-0.25, -0.2) is 4.98 Å². The van der Waals surface area contributed by atoms with Gasteiger partial charge in [0.05, 0.1) is 9.09 Å². The molecule has 2 unspecified atom stereocenters. The fraction of sp³-hybridized carbons (Fsp3) is 0.368. The summed E-state index contributed by atoms with van der Waals surface area (Å²) in [5.41, 5.74) is -0.270. The van der Waals surface area contributed by atoms with E-state index in [1.165, 1.54) is 18.7 Å². The number of nitrogens with one attached hydrogen (secondary N) is 1. The van der Waals surface area contributed by atoms with E-state index in [2.05, 4.69) is 44.7 Å². The Labute approximate surface area is 166 Å². The maximum Gasteiger partial charge on any atom is 0.228 e. The molecular weight excluding hydrogens is 447 g/mol. The molecule has 2 rings (SSSR count). The second-order valence-corrected chi connectivity index (χ2v) is 7.60. The predicted molar refractivity (Wildman–Crippen MR) is 113 cm³/mol. The Bertz CT molecular complexity index is 831. The molecule has 0 aliphatic rings. The van der Waals surface area contributed by atoms with E-state index < -0.39 is 5.54 Å². The van der Waals surface area contributed by atoms with Gasteiger partial charge in [-0.1, -0.05) is 31.0 Å². The van der Waals surface area contributed by atoms with Crippen molar-refractivity contribution in [2.24, 2.45) is 0 Å². The average molecular weight is 468 g/mol. The number of nitrogens with zero attached hydrogens (tertiary/aromatic N) is 1. The molecule has 0 radical (unpaired) electrons. The Morgan fingerprint density at radius 1 is 1.48 bits per heavy atom. The number of aromatic nitrogens is 1. The Balaban J connectivity index is 2.44. The second-order valence-electron chi connectivity index (χ2n) is 5.53. The third kappa shape index (κ3) is 4.59. The van der Waals surface area contributed by atoms with Crippen LogP contribution in [0.1, 0.15) is 27.2 Å². The summed E-state index contributed by atoms with van der Waals surface area (Å²) in [5.74, 6) is 6.50. The fourth-order valence-corrected chi connectivity index (χ4v) is 4.09. The SMILES string of the molecule is CC#CC(CC)(NC(C)=O)C(Oc1nc2ccccc2cc1I)SC. The summed E-state index contributed by atoms with van der Waals surface area (Å²) >= 11 is 3.73. The van der Waals surface area contributed by atoms with Gasteiger partial charge >= 0.3 is 0 Å². The number of carbonyl (C=O) groups excluding carboxylic acids is 1. The Hall–Kier alpha value is -1.46. The van der Waals surface area contributed by atoms with Crippen molar-refractivity contribution in [3.63, 3.8) is 0 Å². The molecule has 0 saturated carbocycles. The predicted octanol–water partition coefficient (Wildman–Crippen LogP) is 4.22. The van der Waals surface area contributed by atoms with E-state index in [-0.39, 0.29) is 11.3 Å². The Morgan fingerprint density at radius 3 is 2.80 bits per heavy atom. The van der Waals surface area contributed by atoms with E-state index >= 15 is 0 Å². The van der Waals surface area contributed by atoms with Crippen LogP contribution in [0.15, 0.2) is 30.3 Å². The summed E-state index contributed by atoms with van der Waals surface area (Å²) in [5, 5.41) is 4.05. The second kappa shape index (κ2) is 8.77. The van der Waals surface area contributed by atoms with Gasteiger partial charge in [0.2, 0.25) is 11.8 Å². The van der Waals surface area contributed by atoms with Gasteiger partial charge in [0.1, 0.15) is 5.54 Å². The van der Waals surface area contributed by atoms with Crippen molar-refractivity contribution in [1.82, 2.24) is 10.3 Å². The summed E-state index contributed by atoms with van der Waals surface area (Å²) in [4.78, 5) is 16.4. The number of rotatable bonds is 6. The first-order valence-electron chi connectivity index (χ1n) is 7.93. The van der Waals surface area contributed by atoms with Crippen LogP contribution >= 0.6 is 34.4 Å². The van der Waals surface area contributed by atoms with Crippen LogP contribution in [0, 0.1) is 15.4 Å². The molecule has 132 valence electrons. The van der Waals surface area contributed by atoms with Crippen molar-refractivity contribution in [1.29, 1.82) is 0 Å². The van der Waals surface area contributed by atoms with E-state index in [0.29, 0.717) is 12.3 Å². The van der Waals surface area contributed by atoms with E-state index in [9.17, 15) is 4.79 Å². The van der Waals surface area contributed by atoms with Crippen molar-refractivity contribution in [2.75, 3.05) is 6.26 Å². The number of hydrogen-bond acceptors (Lipinski definition) is 4. The van der Waals surface area contributed by atoms with Gasteiger partial charge < -0.3 is 10.1 Å². The van der Waals surface area contributed by atoms with Gasteiger partial charge in [0.15, 0.2) is 5.44 Å². The van der Waals surface area contributed by atoms with Gasteiger partial charge in [0, 0.05) is 12.3 Å². The molecule has 2 aromatic rings. The molecule has 0 fully saturated rings. The van der Waals surface area contributed by atoms with Crippen LogP contribution in [0.5, 0.6) is 5.88 Å². The number of hydrogen-bond donors (Lipinski definition) is 1. The Kier molecular flexibility index (Phi) is 6.96. The van der Waals surface area contributed by atoms with E-state index in [4.69, 9.17) is 4.74 Å². The largest absolute Gasteiger partial charge is 0.459 e. The molecule has 2 atom stereocenters. The zero-order chi connectivity index (χ0) is 18.4. The number of ether oxygens (including phenoxy) is 1. The van der Waals surface area contributed by atoms with Crippen LogP contribution in [0.2, 0.25) is 0 Å². The monoisotopic (exact) mass is 468 g/mol. The number of thioether (sulfide) groups is 1. The van der Waals surface area contributed by atoms with Gasteiger partial charge in [-0.15, -0.1) is 17.7 Å². The minimum absolute atomic E-state index is 0.131. The van der Waals surface area contributed by atoms with E-state index in [1.54, 1.807) is 6.92 Å². The number of carbonyl (C=O) groups is 1. The smallest absolute Gasteiger partial charge is 0.228 e. The number of amides is 1. The van der Waals surface area contributed by atoms with Crippen molar-refractivity contribution in [2.45, 2.75) is 38.2 Å². The zero-order valence-corrected chi connectivity index (χ0v) is 17.7. The number of para-hydroxylation sites is 1. The lowest BCUT2D eigenvalue weighted by Crippen LogP contribution is -2.55. The molecule has 0 aliphatic heterocycles. The quantitative estimate of drug-likeness (QED) is 0.392. The lowest BCUT2D eigenvalue weighted by atomic mass is 9.97. The van der Waals surface area contributed by atoms with Gasteiger partial charge in [-0.3, -0.25) is 4.79 Å². The van der Waals surface area contributed by atoms with Crippen molar-refractivity contribution in [3.05, 3.63) is 33.9 Å². The summed E-state index contributed by atoms with van der Waals surface area (Å²) in [6.07, 6.45) is 2.57. The molecule has 1 heterocycles. The molecule has 0 spiro atoms. The summed E-state index contributed by atoms with van der Waals surface area (Å²) in [6.45, 7) is 5.25. The highest BCUT2D eigenvalue weighted by molar-refractivity contribution is 14.1. The van der Waals surface area contributed by atoms with Gasteiger partial charge in [-0.2, -0.15) is 0 Å². The molecular formula is C19H21IN2O2S. The molecule has 4 nitrogen and oxygen atoms in total. The first-order valence-corrected chi connectivity index (χ1v) is 10.3. The topological polar surface area (TPSA) is 51.2 Å². The minimum Gasteiger partial charge on any atom is -0.459 e. The third-order valence-corrected chi connectivity index (χ3v) is 5.48. The number of pyridine rings is 1. The minimum atomic E-state index is -0.767. The van der Waals surface area contributed by atoms with Crippen molar-refractivity contribution in [3.8, 4) is 17.7 Å². The number of benzene rings is 1. The summed E-state index contributed by atoms with van der Waals surface area (Å²) in [6, 6.07) is 9.97. The fourth-order valence-electron chi connectivity index (χ4n) is 2.64. The van der Waals surface area contributed by atoms with Gasteiger partial charge in [-0.05, 0) is 54.3 Å². The Morgan fingerprint density at radius 2 is 2.20 bits per heavy atom. The lowest BCUT2D eigenvalue weighted by molar-refractivity contribution is -0.120. The van der Waals surface area contributed by atoms with Crippen LogP contribution in [-0.2, 0) is 4.79 Å². The van der Waals surface area contributed by atoms with Crippen LogP contribution in [0.25, 0.3) is 10.9 Å². The van der Waals surface area contributed by atoms with Gasteiger partial charge in [0.25, 0.3) is 0 Å². The van der Waals surface area contributed by atoms with E-state index in [0.717, 1.165) is 14.5 Å².